The molecule has 2 heteroatoms. The van der Waals surface area contributed by atoms with E-state index in [0.29, 0.717) is 11.0 Å². The summed E-state index contributed by atoms with van der Waals surface area (Å²) in [5.41, 5.74) is 0.946. The second-order valence-electron chi connectivity index (χ2n) is 13.4. The highest BCUT2D eigenvalue weighted by molar-refractivity contribution is 5.00. The Morgan fingerprint density at radius 2 is 0.622 bits per heavy atom. The Balaban J connectivity index is 0. The third kappa shape index (κ3) is 15.1. The predicted molar refractivity (Wildman–Crippen MR) is 167 cm³/mol. The number of rotatable bonds is 27. The number of hydrogen-bond acceptors (Lipinski definition) is 0. The van der Waals surface area contributed by atoms with Crippen LogP contribution in [0.3, 0.4) is 0 Å². The van der Waals surface area contributed by atoms with E-state index in [9.17, 15) is 0 Å². The summed E-state index contributed by atoms with van der Waals surface area (Å²) in [6.07, 6.45) is 35.8. The smallest absolute Gasteiger partial charge is 0.104 e. The fraction of sp³-hybridized carbons (Fsp3) is 1.00. The summed E-state index contributed by atoms with van der Waals surface area (Å²) in [4.78, 5) is 0. The summed E-state index contributed by atoms with van der Waals surface area (Å²) in [6, 6.07) is 0. The molecule has 0 bridgehead atoms. The third-order valence-electron chi connectivity index (χ3n) is 9.69. The maximum Gasteiger partial charge on any atom is 0.104 e. The largest absolute Gasteiger partial charge is 1.00 e. The summed E-state index contributed by atoms with van der Waals surface area (Å²) >= 11 is 0. The van der Waals surface area contributed by atoms with E-state index in [4.69, 9.17) is 0 Å². The van der Waals surface area contributed by atoms with Gasteiger partial charge in [0.25, 0.3) is 0 Å². The fourth-order valence-corrected chi connectivity index (χ4v) is 7.38. The van der Waals surface area contributed by atoms with Gasteiger partial charge >= 0.3 is 0 Å². The van der Waals surface area contributed by atoms with Crippen LogP contribution >= 0.6 is 0 Å². The first-order chi connectivity index (χ1) is 17.3. The molecule has 0 heterocycles. The molecule has 0 aromatic rings. The van der Waals surface area contributed by atoms with Crippen molar-refractivity contribution in [2.75, 3.05) is 21.1 Å². The molecule has 0 aliphatic rings. The molecule has 0 saturated carbocycles. The lowest BCUT2D eigenvalue weighted by Gasteiger charge is -2.59. The highest BCUT2D eigenvalue weighted by atomic mass is 79.9. The van der Waals surface area contributed by atoms with Crippen molar-refractivity contribution in [2.24, 2.45) is 5.41 Å². The van der Waals surface area contributed by atoms with E-state index >= 15 is 0 Å². The molecule has 0 atom stereocenters. The van der Waals surface area contributed by atoms with Gasteiger partial charge in [0, 0.05) is 18.3 Å². The molecule has 0 aromatic heterocycles. The Labute approximate surface area is 248 Å². The summed E-state index contributed by atoms with van der Waals surface area (Å²) in [5, 5.41) is 0. The summed E-state index contributed by atoms with van der Waals surface area (Å²) in [6.45, 7) is 12.0. The van der Waals surface area contributed by atoms with Gasteiger partial charge in [-0.25, -0.2) is 0 Å². The van der Waals surface area contributed by atoms with E-state index in [1.165, 1.54) is 165 Å². The van der Waals surface area contributed by atoms with Crippen molar-refractivity contribution in [3.05, 3.63) is 0 Å². The number of nitrogens with zero attached hydrogens (tertiary/aromatic N) is 1. The summed E-state index contributed by atoms with van der Waals surface area (Å²) in [5.74, 6) is 0. The molecular weight excluding hydrogens is 514 g/mol. The Morgan fingerprint density at radius 3 is 0.946 bits per heavy atom. The SMILES string of the molecule is CCCCCCCCCCCCCCC(CCCC)(CCCC)C(CCCC)(CCCC)[N+](C)(C)C.[Br-]. The molecule has 0 rings (SSSR count). The summed E-state index contributed by atoms with van der Waals surface area (Å²) < 4.78 is 1.17. The number of halogens is 1. The highest BCUT2D eigenvalue weighted by Crippen LogP contribution is 2.55. The minimum atomic E-state index is 0. The van der Waals surface area contributed by atoms with Crippen molar-refractivity contribution < 1.29 is 21.5 Å². The molecule has 0 aromatic carbocycles. The van der Waals surface area contributed by atoms with Crippen LogP contribution in [0.2, 0.25) is 0 Å². The highest BCUT2D eigenvalue weighted by Gasteiger charge is 2.56. The van der Waals surface area contributed by atoms with Gasteiger partial charge in [0.05, 0.1) is 21.1 Å². The predicted octanol–water partition coefficient (Wildman–Crippen LogP) is 9.27. The van der Waals surface area contributed by atoms with Crippen LogP contribution in [0.5, 0.6) is 0 Å². The molecule has 0 aliphatic carbocycles. The lowest BCUT2D eigenvalue weighted by atomic mass is 9.56. The van der Waals surface area contributed by atoms with Gasteiger partial charge in [-0.1, -0.05) is 150 Å². The van der Waals surface area contributed by atoms with Gasteiger partial charge in [-0.15, -0.1) is 0 Å². The average Bonchev–Trinajstić information content (AvgIpc) is 2.85. The normalized spacial score (nSPS) is 12.6. The van der Waals surface area contributed by atoms with Crippen molar-refractivity contribution in [1.82, 2.24) is 0 Å². The van der Waals surface area contributed by atoms with Crippen LogP contribution in [0.15, 0.2) is 0 Å². The molecule has 0 N–H and O–H groups in total. The van der Waals surface area contributed by atoms with Crippen LogP contribution in [0.25, 0.3) is 0 Å². The van der Waals surface area contributed by atoms with E-state index in [1.807, 2.05) is 0 Å². The zero-order chi connectivity index (χ0) is 27.2. The van der Waals surface area contributed by atoms with E-state index in [-0.39, 0.29) is 17.0 Å². The Hall–Kier alpha value is 0.440. The molecule has 0 fully saturated rings. The minimum Gasteiger partial charge on any atom is -1.00 e. The molecular formula is C35H74BrN. The summed E-state index contributed by atoms with van der Waals surface area (Å²) in [7, 11) is 7.67. The fourth-order valence-electron chi connectivity index (χ4n) is 7.38. The maximum atomic E-state index is 2.56. The van der Waals surface area contributed by atoms with Gasteiger partial charge in [-0.2, -0.15) is 0 Å². The molecule has 226 valence electrons. The first kappa shape index (κ1) is 39.6. The molecule has 0 spiro atoms. The van der Waals surface area contributed by atoms with Crippen molar-refractivity contribution >= 4 is 0 Å². The van der Waals surface area contributed by atoms with Gasteiger partial charge in [0.1, 0.15) is 5.54 Å². The zero-order valence-electron chi connectivity index (χ0n) is 27.5. The number of hydrogen-bond donors (Lipinski definition) is 0. The molecule has 0 aliphatic heterocycles. The van der Waals surface area contributed by atoms with E-state index in [2.05, 4.69) is 55.8 Å². The Morgan fingerprint density at radius 1 is 0.351 bits per heavy atom. The standard InChI is InChI=1S/C35H74N.BrH/c1-9-14-19-20-21-22-23-24-25-26-27-28-31-34(29-15-10-2,30-16-11-3)35(32-17-12-4,33-18-13-5)36(6,7)8;/h9-33H2,1-8H3;1H/q+1;/p-1. The monoisotopic (exact) mass is 588 g/mol. The van der Waals surface area contributed by atoms with Crippen LogP contribution in [0, 0.1) is 5.41 Å². The van der Waals surface area contributed by atoms with Crippen LogP contribution in [-0.4, -0.2) is 31.2 Å². The van der Waals surface area contributed by atoms with E-state index in [0.717, 1.165) is 0 Å². The number of unbranched alkanes of at least 4 members (excludes halogenated alkanes) is 15. The van der Waals surface area contributed by atoms with Crippen molar-refractivity contribution in [2.45, 2.75) is 201 Å². The Kier molecular flexibility index (Phi) is 25.9. The van der Waals surface area contributed by atoms with Crippen molar-refractivity contribution in [3.8, 4) is 0 Å². The molecule has 1 nitrogen and oxygen atoms in total. The van der Waals surface area contributed by atoms with Gasteiger partial charge < -0.3 is 21.5 Å². The maximum absolute atomic E-state index is 2.56. The van der Waals surface area contributed by atoms with Crippen LogP contribution in [-0.2, 0) is 0 Å². The second kappa shape index (κ2) is 24.3. The second-order valence-corrected chi connectivity index (χ2v) is 13.4. The van der Waals surface area contributed by atoms with Gasteiger partial charge in [0.15, 0.2) is 0 Å². The molecule has 0 unspecified atom stereocenters. The Bertz CT molecular complexity index is 450. The lowest BCUT2D eigenvalue weighted by molar-refractivity contribution is -0.935. The average molecular weight is 589 g/mol. The quantitative estimate of drug-likeness (QED) is 0.0663. The van der Waals surface area contributed by atoms with Gasteiger partial charge in [0.2, 0.25) is 0 Å². The lowest BCUT2D eigenvalue weighted by Crippen LogP contribution is -3.00. The van der Waals surface area contributed by atoms with E-state index < -0.39 is 0 Å². The molecule has 37 heavy (non-hydrogen) atoms. The van der Waals surface area contributed by atoms with Gasteiger partial charge in [-0.3, -0.25) is 0 Å². The first-order valence-electron chi connectivity index (χ1n) is 17.1. The molecule has 0 radical (unpaired) electrons. The topological polar surface area (TPSA) is 0 Å². The molecule has 0 saturated heterocycles. The van der Waals surface area contributed by atoms with E-state index in [1.54, 1.807) is 0 Å². The first-order valence-corrected chi connectivity index (χ1v) is 17.1. The zero-order valence-corrected chi connectivity index (χ0v) is 29.1. The van der Waals surface area contributed by atoms with Crippen molar-refractivity contribution in [3.63, 3.8) is 0 Å². The van der Waals surface area contributed by atoms with Crippen LogP contribution in [0.4, 0.5) is 0 Å². The van der Waals surface area contributed by atoms with Gasteiger partial charge in [-0.05, 0) is 32.1 Å². The van der Waals surface area contributed by atoms with Crippen molar-refractivity contribution in [1.29, 1.82) is 0 Å². The minimum absolute atomic E-state index is 0. The third-order valence-corrected chi connectivity index (χ3v) is 9.69. The molecule has 0 amide bonds. The number of quaternary nitrogens is 1. The van der Waals surface area contributed by atoms with Crippen LogP contribution in [0.1, 0.15) is 195 Å². The van der Waals surface area contributed by atoms with Crippen LogP contribution < -0.4 is 17.0 Å².